The van der Waals surface area contributed by atoms with Crippen LogP contribution in [0.1, 0.15) is 6.92 Å². The summed E-state index contributed by atoms with van der Waals surface area (Å²) >= 11 is 0. The molecule has 0 aromatic heterocycles. The maximum absolute atomic E-state index is 3.64. The lowest BCUT2D eigenvalue weighted by molar-refractivity contribution is 0.177. The van der Waals surface area contributed by atoms with Crippen molar-refractivity contribution in [2.24, 2.45) is 5.92 Å². The van der Waals surface area contributed by atoms with Crippen LogP contribution >= 0.6 is 0 Å². The molecule has 1 fully saturated rings. The van der Waals surface area contributed by atoms with Gasteiger partial charge in [0.2, 0.25) is 0 Å². The van der Waals surface area contributed by atoms with Crippen LogP contribution in [-0.2, 0) is 0 Å². The zero-order valence-corrected chi connectivity index (χ0v) is 4.72. The molecule has 0 aliphatic carbocycles. The minimum atomic E-state index is 0.901. The molecule has 0 spiro atoms. The first-order chi connectivity index (χ1) is 3.33. The molecule has 1 nitrogen and oxygen atoms in total. The second-order valence-corrected chi connectivity index (χ2v) is 2.24. The Labute approximate surface area is 44.6 Å². The molecular formula is C6H11N. The first kappa shape index (κ1) is 4.69. The second kappa shape index (κ2) is 1.57. The van der Waals surface area contributed by atoms with Crippen LogP contribution in [0.5, 0.6) is 0 Å². The molecule has 40 valence electrons. The van der Waals surface area contributed by atoms with E-state index in [0.29, 0.717) is 0 Å². The maximum Gasteiger partial charge on any atom is 0.0214 e. The molecule has 1 heteroatoms. The first-order valence-electron chi connectivity index (χ1n) is 2.69. The van der Waals surface area contributed by atoms with Gasteiger partial charge in [0.1, 0.15) is 0 Å². The Kier molecular flexibility index (Phi) is 1.05. The Balaban J connectivity index is 2.17. The summed E-state index contributed by atoms with van der Waals surface area (Å²) in [6.07, 6.45) is 1.90. The molecule has 0 bridgehead atoms. The maximum atomic E-state index is 3.64. The molecule has 0 aromatic carbocycles. The summed E-state index contributed by atoms with van der Waals surface area (Å²) in [4.78, 5) is 2.21. The van der Waals surface area contributed by atoms with Crippen LogP contribution in [0.4, 0.5) is 0 Å². The molecule has 1 aliphatic rings. The number of likely N-dealkylation sites (tertiary alicyclic amines) is 1. The van der Waals surface area contributed by atoms with Gasteiger partial charge in [0.05, 0.1) is 0 Å². The smallest absolute Gasteiger partial charge is 0.0214 e. The van der Waals surface area contributed by atoms with E-state index in [4.69, 9.17) is 0 Å². The van der Waals surface area contributed by atoms with Gasteiger partial charge in [-0.05, 0) is 12.1 Å². The van der Waals surface area contributed by atoms with Crippen molar-refractivity contribution in [3.63, 3.8) is 0 Å². The number of rotatable bonds is 1. The van der Waals surface area contributed by atoms with Gasteiger partial charge in [0.25, 0.3) is 0 Å². The highest BCUT2D eigenvalue weighted by Crippen LogP contribution is 2.12. The quantitative estimate of drug-likeness (QED) is 0.473. The van der Waals surface area contributed by atoms with E-state index in [9.17, 15) is 0 Å². The zero-order valence-electron chi connectivity index (χ0n) is 4.72. The SMILES string of the molecule is C=CN1CC(C)C1. The van der Waals surface area contributed by atoms with Crippen molar-refractivity contribution in [2.75, 3.05) is 13.1 Å². The molecule has 0 atom stereocenters. The minimum Gasteiger partial charge on any atom is -0.377 e. The van der Waals surface area contributed by atoms with Crippen molar-refractivity contribution in [3.8, 4) is 0 Å². The molecule has 0 saturated carbocycles. The fourth-order valence-corrected chi connectivity index (χ4v) is 0.896. The minimum absolute atomic E-state index is 0.901. The molecule has 1 aliphatic heterocycles. The average molecular weight is 97.2 g/mol. The molecule has 1 heterocycles. The van der Waals surface area contributed by atoms with Crippen LogP contribution in [0.25, 0.3) is 0 Å². The number of hydrogen-bond donors (Lipinski definition) is 0. The van der Waals surface area contributed by atoms with Crippen molar-refractivity contribution in [2.45, 2.75) is 6.92 Å². The Morgan fingerprint density at radius 1 is 1.71 bits per heavy atom. The van der Waals surface area contributed by atoms with E-state index in [1.165, 1.54) is 13.1 Å². The molecule has 1 saturated heterocycles. The van der Waals surface area contributed by atoms with Crippen LogP contribution in [-0.4, -0.2) is 18.0 Å². The van der Waals surface area contributed by atoms with Gasteiger partial charge in [-0.15, -0.1) is 0 Å². The van der Waals surface area contributed by atoms with E-state index < -0.39 is 0 Å². The van der Waals surface area contributed by atoms with Crippen molar-refractivity contribution < 1.29 is 0 Å². The summed E-state index contributed by atoms with van der Waals surface area (Å²) in [7, 11) is 0. The molecule has 1 rings (SSSR count). The summed E-state index contributed by atoms with van der Waals surface area (Å²) in [5.41, 5.74) is 0. The standard InChI is InChI=1S/C6H11N/c1-3-7-4-6(2)5-7/h3,6H,1,4-5H2,2H3. The van der Waals surface area contributed by atoms with E-state index in [-0.39, 0.29) is 0 Å². The Morgan fingerprint density at radius 2 is 2.29 bits per heavy atom. The molecule has 0 unspecified atom stereocenters. The van der Waals surface area contributed by atoms with E-state index in [2.05, 4.69) is 18.4 Å². The first-order valence-corrected chi connectivity index (χ1v) is 2.69. The summed E-state index contributed by atoms with van der Waals surface area (Å²) in [6, 6.07) is 0. The Morgan fingerprint density at radius 3 is 2.43 bits per heavy atom. The summed E-state index contributed by atoms with van der Waals surface area (Å²) < 4.78 is 0. The predicted octanol–water partition coefficient (Wildman–Crippen LogP) is 1.08. The van der Waals surface area contributed by atoms with Gasteiger partial charge >= 0.3 is 0 Å². The lowest BCUT2D eigenvalue weighted by Crippen LogP contribution is -2.40. The Bertz CT molecular complexity index is 72.2. The third-order valence-electron chi connectivity index (χ3n) is 1.35. The van der Waals surface area contributed by atoms with Crippen LogP contribution in [0, 0.1) is 5.92 Å². The molecular weight excluding hydrogens is 86.1 g/mol. The van der Waals surface area contributed by atoms with Gasteiger partial charge < -0.3 is 4.90 Å². The van der Waals surface area contributed by atoms with Crippen LogP contribution in [0.2, 0.25) is 0 Å². The van der Waals surface area contributed by atoms with E-state index in [1.807, 2.05) is 6.20 Å². The van der Waals surface area contributed by atoms with Crippen molar-refractivity contribution in [3.05, 3.63) is 12.8 Å². The summed E-state index contributed by atoms with van der Waals surface area (Å²) in [5.74, 6) is 0.901. The second-order valence-electron chi connectivity index (χ2n) is 2.24. The number of nitrogens with zero attached hydrogens (tertiary/aromatic N) is 1. The van der Waals surface area contributed by atoms with Gasteiger partial charge in [-0.3, -0.25) is 0 Å². The molecule has 0 radical (unpaired) electrons. The van der Waals surface area contributed by atoms with Crippen molar-refractivity contribution in [1.29, 1.82) is 0 Å². The van der Waals surface area contributed by atoms with Gasteiger partial charge in [-0.25, -0.2) is 0 Å². The third kappa shape index (κ3) is 0.763. The molecule has 0 N–H and O–H groups in total. The van der Waals surface area contributed by atoms with Gasteiger partial charge in [0.15, 0.2) is 0 Å². The van der Waals surface area contributed by atoms with E-state index >= 15 is 0 Å². The van der Waals surface area contributed by atoms with E-state index in [1.54, 1.807) is 0 Å². The monoisotopic (exact) mass is 97.1 g/mol. The third-order valence-corrected chi connectivity index (χ3v) is 1.35. The fraction of sp³-hybridized carbons (Fsp3) is 0.667. The van der Waals surface area contributed by atoms with Gasteiger partial charge in [-0.2, -0.15) is 0 Å². The van der Waals surface area contributed by atoms with Gasteiger partial charge in [0, 0.05) is 13.1 Å². The van der Waals surface area contributed by atoms with Crippen molar-refractivity contribution >= 4 is 0 Å². The average Bonchev–Trinajstić information content (AvgIpc) is 1.58. The van der Waals surface area contributed by atoms with Crippen molar-refractivity contribution in [1.82, 2.24) is 4.90 Å². The van der Waals surface area contributed by atoms with Crippen LogP contribution < -0.4 is 0 Å². The highest BCUT2D eigenvalue weighted by molar-refractivity contribution is 4.83. The predicted molar refractivity (Wildman–Crippen MR) is 30.9 cm³/mol. The lowest BCUT2D eigenvalue weighted by atomic mass is 10.0. The molecule has 0 aromatic rings. The zero-order chi connectivity index (χ0) is 5.28. The lowest BCUT2D eigenvalue weighted by Gasteiger charge is -2.35. The van der Waals surface area contributed by atoms with Crippen LogP contribution in [0.3, 0.4) is 0 Å². The highest BCUT2D eigenvalue weighted by Gasteiger charge is 2.17. The van der Waals surface area contributed by atoms with Gasteiger partial charge in [-0.1, -0.05) is 13.5 Å². The van der Waals surface area contributed by atoms with Crippen LogP contribution in [0.15, 0.2) is 12.8 Å². The molecule has 0 amide bonds. The number of hydrogen-bond acceptors (Lipinski definition) is 1. The summed E-state index contributed by atoms with van der Waals surface area (Å²) in [5, 5.41) is 0. The highest BCUT2D eigenvalue weighted by atomic mass is 15.2. The fourth-order valence-electron chi connectivity index (χ4n) is 0.896. The summed E-state index contributed by atoms with van der Waals surface area (Å²) in [6.45, 7) is 8.32. The topological polar surface area (TPSA) is 3.24 Å². The largest absolute Gasteiger partial charge is 0.377 e. The Hall–Kier alpha value is -0.460. The molecule has 7 heavy (non-hydrogen) atoms. The van der Waals surface area contributed by atoms with E-state index in [0.717, 1.165) is 5.92 Å². The normalized spacial score (nSPS) is 21.6.